The zero-order valence-electron chi connectivity index (χ0n) is 8.48. The summed E-state index contributed by atoms with van der Waals surface area (Å²) in [6.07, 6.45) is 1.97. The lowest BCUT2D eigenvalue weighted by Crippen LogP contribution is -2.00. The van der Waals surface area contributed by atoms with Gasteiger partial charge in [-0.1, -0.05) is 11.6 Å². The molecule has 0 aliphatic heterocycles. The van der Waals surface area contributed by atoms with Crippen LogP contribution in [0.25, 0.3) is 11.1 Å². The number of nitrogens with one attached hydrogen (secondary N) is 1. The molecule has 5 nitrogen and oxygen atoms in total. The van der Waals surface area contributed by atoms with Crippen molar-refractivity contribution in [2.24, 2.45) is 0 Å². The number of H-pyrrole nitrogens is 1. The number of carboxylic acid groups (broad SMARTS) is 1. The molecule has 0 saturated carbocycles. The highest BCUT2D eigenvalue weighted by Gasteiger charge is 2.16. The second kappa shape index (κ2) is 4.39. The molecule has 0 atom stereocenters. The maximum atomic E-state index is 11.1. The van der Waals surface area contributed by atoms with Crippen LogP contribution in [0.3, 0.4) is 0 Å². The van der Waals surface area contributed by atoms with Gasteiger partial charge in [-0.05, 0) is 18.2 Å². The van der Waals surface area contributed by atoms with E-state index in [2.05, 4.69) is 10.2 Å². The number of aromatic carboxylic acids is 1. The van der Waals surface area contributed by atoms with Gasteiger partial charge in [-0.25, -0.2) is 4.79 Å². The van der Waals surface area contributed by atoms with Gasteiger partial charge in [0.15, 0.2) is 6.29 Å². The van der Waals surface area contributed by atoms with Gasteiger partial charge in [-0.3, -0.25) is 9.89 Å². The van der Waals surface area contributed by atoms with Crippen molar-refractivity contribution in [3.8, 4) is 11.1 Å². The highest BCUT2D eigenvalue weighted by Crippen LogP contribution is 2.28. The average Bonchev–Trinajstić information content (AvgIpc) is 2.76. The minimum Gasteiger partial charge on any atom is -0.478 e. The minimum absolute atomic E-state index is 0.0684. The molecule has 0 bridgehead atoms. The number of hydrogen-bond acceptors (Lipinski definition) is 3. The fourth-order valence-electron chi connectivity index (χ4n) is 1.53. The van der Waals surface area contributed by atoms with Gasteiger partial charge in [-0.15, -0.1) is 0 Å². The first kappa shape index (κ1) is 11.3. The smallest absolute Gasteiger partial charge is 0.336 e. The Hall–Kier alpha value is -2.14. The van der Waals surface area contributed by atoms with E-state index >= 15 is 0 Å². The van der Waals surface area contributed by atoms with Gasteiger partial charge in [0.2, 0.25) is 0 Å². The van der Waals surface area contributed by atoms with E-state index < -0.39 is 5.97 Å². The Bertz CT molecular complexity index is 592. The topological polar surface area (TPSA) is 83.0 Å². The summed E-state index contributed by atoms with van der Waals surface area (Å²) in [4.78, 5) is 21.8. The first-order valence-corrected chi connectivity index (χ1v) is 5.03. The van der Waals surface area contributed by atoms with E-state index in [4.69, 9.17) is 16.7 Å². The van der Waals surface area contributed by atoms with Crippen LogP contribution < -0.4 is 0 Å². The van der Waals surface area contributed by atoms with E-state index in [1.165, 1.54) is 24.4 Å². The van der Waals surface area contributed by atoms with E-state index in [0.29, 0.717) is 22.4 Å². The van der Waals surface area contributed by atoms with E-state index in [9.17, 15) is 9.59 Å². The molecule has 2 N–H and O–H groups in total. The van der Waals surface area contributed by atoms with Crippen molar-refractivity contribution in [2.45, 2.75) is 0 Å². The van der Waals surface area contributed by atoms with E-state index in [1.54, 1.807) is 0 Å². The summed E-state index contributed by atoms with van der Waals surface area (Å²) in [7, 11) is 0. The van der Waals surface area contributed by atoms with Crippen LogP contribution in [0.1, 0.15) is 20.8 Å². The van der Waals surface area contributed by atoms with Crippen LogP contribution in [0.5, 0.6) is 0 Å². The lowest BCUT2D eigenvalue weighted by molar-refractivity contribution is 0.0697. The summed E-state index contributed by atoms with van der Waals surface area (Å²) < 4.78 is 0. The number of hydrogen-bond donors (Lipinski definition) is 2. The summed E-state index contributed by atoms with van der Waals surface area (Å²) in [5, 5.41) is 15.6. The van der Waals surface area contributed by atoms with E-state index in [0.717, 1.165) is 0 Å². The van der Waals surface area contributed by atoms with Crippen molar-refractivity contribution in [2.75, 3.05) is 0 Å². The number of aromatic nitrogens is 2. The molecule has 2 aromatic rings. The van der Waals surface area contributed by atoms with Crippen LogP contribution in [0.15, 0.2) is 24.4 Å². The van der Waals surface area contributed by atoms with E-state index in [1.807, 2.05) is 0 Å². The molecule has 1 aromatic heterocycles. The molecule has 0 aliphatic carbocycles. The normalized spacial score (nSPS) is 10.2. The van der Waals surface area contributed by atoms with Crippen LogP contribution in [0, 0.1) is 0 Å². The molecule has 6 heteroatoms. The number of aromatic amines is 1. The Labute approximate surface area is 101 Å². The fourth-order valence-corrected chi connectivity index (χ4v) is 1.70. The van der Waals surface area contributed by atoms with Crippen molar-refractivity contribution in [1.29, 1.82) is 0 Å². The number of aldehydes is 1. The third kappa shape index (κ3) is 2.05. The van der Waals surface area contributed by atoms with Gasteiger partial charge in [-0.2, -0.15) is 5.10 Å². The Balaban J connectivity index is 2.69. The predicted molar refractivity (Wildman–Crippen MR) is 61.4 cm³/mol. The first-order valence-electron chi connectivity index (χ1n) is 4.65. The van der Waals surface area contributed by atoms with Gasteiger partial charge in [0.25, 0.3) is 0 Å². The molecule has 0 radical (unpaired) electrons. The van der Waals surface area contributed by atoms with Crippen LogP contribution in [-0.2, 0) is 0 Å². The largest absolute Gasteiger partial charge is 0.478 e. The third-order valence-corrected chi connectivity index (χ3v) is 2.52. The number of carbonyl (C=O) groups excluding carboxylic acids is 1. The van der Waals surface area contributed by atoms with Crippen LogP contribution >= 0.6 is 11.6 Å². The zero-order chi connectivity index (χ0) is 12.4. The molecule has 17 heavy (non-hydrogen) atoms. The maximum Gasteiger partial charge on any atom is 0.336 e. The SMILES string of the molecule is O=Cc1[nH]ncc1-c1cc(Cl)ccc1C(=O)O. The number of nitrogens with zero attached hydrogens (tertiary/aromatic N) is 1. The number of carboxylic acids is 1. The lowest BCUT2D eigenvalue weighted by atomic mass is 10.0. The highest BCUT2D eigenvalue weighted by molar-refractivity contribution is 6.31. The molecule has 1 aromatic carbocycles. The molecule has 0 aliphatic rings. The molecule has 1 heterocycles. The predicted octanol–water partition coefficient (Wildman–Crippen LogP) is 2.24. The molecule has 0 amide bonds. The number of halogens is 1. The average molecular weight is 251 g/mol. The molecule has 86 valence electrons. The summed E-state index contributed by atoms with van der Waals surface area (Å²) in [6, 6.07) is 4.36. The Morgan fingerprint density at radius 3 is 2.82 bits per heavy atom. The van der Waals surface area contributed by atoms with Gasteiger partial charge < -0.3 is 5.11 Å². The third-order valence-electron chi connectivity index (χ3n) is 2.29. The lowest BCUT2D eigenvalue weighted by Gasteiger charge is -2.05. The van der Waals surface area contributed by atoms with Gasteiger partial charge in [0, 0.05) is 16.1 Å². The van der Waals surface area contributed by atoms with Crippen molar-refractivity contribution >= 4 is 23.9 Å². The van der Waals surface area contributed by atoms with Crippen molar-refractivity contribution in [3.63, 3.8) is 0 Å². The first-order chi connectivity index (χ1) is 8.13. The van der Waals surface area contributed by atoms with Crippen LogP contribution in [0.4, 0.5) is 0 Å². The van der Waals surface area contributed by atoms with Gasteiger partial charge in [0.05, 0.1) is 11.8 Å². The highest BCUT2D eigenvalue weighted by atomic mass is 35.5. The summed E-state index contributed by atoms with van der Waals surface area (Å²) in [6.45, 7) is 0. The number of carbonyl (C=O) groups is 2. The van der Waals surface area contributed by atoms with Crippen molar-refractivity contribution < 1.29 is 14.7 Å². The quantitative estimate of drug-likeness (QED) is 0.819. The maximum absolute atomic E-state index is 11.1. The second-order valence-corrected chi connectivity index (χ2v) is 3.75. The number of rotatable bonds is 3. The Morgan fingerprint density at radius 1 is 1.41 bits per heavy atom. The van der Waals surface area contributed by atoms with Gasteiger partial charge in [0.1, 0.15) is 5.69 Å². The molecule has 0 spiro atoms. The standard InChI is InChI=1S/C11H7ClN2O3/c12-6-1-2-7(11(16)17)8(3-6)9-4-13-14-10(9)5-15/h1-5H,(H,13,14)(H,16,17). The molecule has 0 saturated heterocycles. The minimum atomic E-state index is -1.09. The summed E-state index contributed by atoms with van der Waals surface area (Å²) in [5.41, 5.74) is 1.06. The molecule has 0 fully saturated rings. The monoisotopic (exact) mass is 250 g/mol. The summed E-state index contributed by atoms with van der Waals surface area (Å²) >= 11 is 5.82. The van der Waals surface area contributed by atoms with Crippen LogP contribution in [0.2, 0.25) is 5.02 Å². The Morgan fingerprint density at radius 2 is 2.18 bits per heavy atom. The fraction of sp³-hybridized carbons (Fsp3) is 0. The number of benzene rings is 1. The second-order valence-electron chi connectivity index (χ2n) is 3.31. The summed E-state index contributed by atoms with van der Waals surface area (Å²) in [5.74, 6) is -1.09. The van der Waals surface area contributed by atoms with Crippen molar-refractivity contribution in [1.82, 2.24) is 10.2 Å². The molecular weight excluding hydrogens is 244 g/mol. The molecule has 0 unspecified atom stereocenters. The molecular formula is C11H7ClN2O3. The van der Waals surface area contributed by atoms with Crippen LogP contribution in [-0.4, -0.2) is 27.6 Å². The van der Waals surface area contributed by atoms with Gasteiger partial charge >= 0.3 is 5.97 Å². The zero-order valence-corrected chi connectivity index (χ0v) is 9.23. The Kier molecular flexibility index (Phi) is 2.93. The van der Waals surface area contributed by atoms with Crippen molar-refractivity contribution in [3.05, 3.63) is 40.7 Å². The van der Waals surface area contributed by atoms with E-state index in [-0.39, 0.29) is 11.3 Å². The molecule has 2 rings (SSSR count).